The summed E-state index contributed by atoms with van der Waals surface area (Å²) < 4.78 is 27.4. The standard InChI is InChI=1S/C23H30O11/c1-30-14-5-3-4-6-15(14)33-18(19(26)12-7-8-13(25)16(9-12)31-2)11-32-23-22(29)21(28)20(27)17(10-24)34-23/h3-9,17-29H,10-11H2,1-2H3/t17-,18+,19-,20-,21+,22-,23-/m1/s1. The van der Waals surface area contributed by atoms with E-state index < -0.39 is 49.5 Å². The number of phenols is 1. The van der Waals surface area contributed by atoms with Crippen LogP contribution in [0.1, 0.15) is 11.7 Å². The second-order valence-electron chi connectivity index (χ2n) is 7.71. The third-order valence-corrected chi connectivity index (χ3v) is 5.52. The lowest BCUT2D eigenvalue weighted by atomic mass is 9.99. The highest BCUT2D eigenvalue weighted by Gasteiger charge is 2.44. The largest absolute Gasteiger partial charge is 0.504 e. The Bertz CT molecular complexity index is 922. The number of aliphatic hydroxyl groups is 5. The Balaban J connectivity index is 1.84. The number of aromatic hydroxyl groups is 1. The maximum Gasteiger partial charge on any atom is 0.186 e. The molecule has 0 saturated carbocycles. The van der Waals surface area contributed by atoms with Crippen LogP contribution in [0.2, 0.25) is 0 Å². The number of para-hydroxylation sites is 2. The van der Waals surface area contributed by atoms with Crippen LogP contribution in [0.3, 0.4) is 0 Å². The zero-order valence-electron chi connectivity index (χ0n) is 18.7. The van der Waals surface area contributed by atoms with Crippen molar-refractivity contribution in [3.63, 3.8) is 0 Å². The van der Waals surface area contributed by atoms with Gasteiger partial charge in [0.15, 0.2) is 35.4 Å². The summed E-state index contributed by atoms with van der Waals surface area (Å²) in [5.74, 6) is 0.730. The summed E-state index contributed by atoms with van der Waals surface area (Å²) in [6, 6.07) is 11.0. The van der Waals surface area contributed by atoms with E-state index in [0.29, 0.717) is 17.1 Å². The van der Waals surface area contributed by atoms with Gasteiger partial charge in [0.25, 0.3) is 0 Å². The molecule has 0 aliphatic carbocycles. The SMILES string of the molecule is COc1cc([C@@H](O)[C@H](CO[C@@H]2O[C@H](CO)[C@@H](O)[C@H](O)[C@H]2O)Oc2ccccc2OC)ccc1O. The van der Waals surface area contributed by atoms with Crippen molar-refractivity contribution in [1.82, 2.24) is 0 Å². The molecule has 1 aliphatic rings. The first kappa shape index (κ1) is 26.0. The number of methoxy groups -OCH3 is 2. The summed E-state index contributed by atoms with van der Waals surface area (Å²) in [5, 5.41) is 60.5. The quantitative estimate of drug-likeness (QED) is 0.263. The van der Waals surface area contributed by atoms with Gasteiger partial charge in [0.2, 0.25) is 0 Å². The Hall–Kier alpha value is -2.64. The van der Waals surface area contributed by atoms with E-state index in [4.69, 9.17) is 23.7 Å². The van der Waals surface area contributed by atoms with Crippen molar-refractivity contribution >= 4 is 0 Å². The number of benzene rings is 2. The predicted octanol–water partition coefficient (Wildman–Crippen LogP) is -0.293. The van der Waals surface area contributed by atoms with Crippen LogP contribution >= 0.6 is 0 Å². The van der Waals surface area contributed by atoms with Gasteiger partial charge in [0.05, 0.1) is 27.4 Å². The predicted molar refractivity (Wildman–Crippen MR) is 117 cm³/mol. The summed E-state index contributed by atoms with van der Waals surface area (Å²) in [4.78, 5) is 0. The van der Waals surface area contributed by atoms with E-state index in [1.165, 1.54) is 32.4 Å². The topological polar surface area (TPSA) is 168 Å². The molecule has 0 amide bonds. The van der Waals surface area contributed by atoms with Gasteiger partial charge in [-0.2, -0.15) is 0 Å². The number of ether oxygens (including phenoxy) is 5. The Kier molecular flexibility index (Phi) is 8.91. The van der Waals surface area contributed by atoms with Gasteiger partial charge in [0, 0.05) is 0 Å². The van der Waals surface area contributed by atoms with Crippen molar-refractivity contribution in [2.45, 2.75) is 42.9 Å². The minimum Gasteiger partial charge on any atom is -0.504 e. The number of rotatable bonds is 10. The zero-order chi connectivity index (χ0) is 24.8. The summed E-state index contributed by atoms with van der Waals surface area (Å²) in [6.45, 7) is -0.951. The van der Waals surface area contributed by atoms with Crippen LogP contribution in [-0.2, 0) is 9.47 Å². The Morgan fingerprint density at radius 1 is 0.912 bits per heavy atom. The highest BCUT2D eigenvalue weighted by molar-refractivity contribution is 5.43. The van der Waals surface area contributed by atoms with E-state index in [-0.39, 0.29) is 18.1 Å². The van der Waals surface area contributed by atoms with Crippen LogP contribution in [0.25, 0.3) is 0 Å². The monoisotopic (exact) mass is 482 g/mol. The molecular weight excluding hydrogens is 452 g/mol. The molecule has 188 valence electrons. The second-order valence-corrected chi connectivity index (χ2v) is 7.71. The van der Waals surface area contributed by atoms with Crippen molar-refractivity contribution in [2.24, 2.45) is 0 Å². The average molecular weight is 482 g/mol. The molecule has 1 saturated heterocycles. The zero-order valence-corrected chi connectivity index (χ0v) is 18.7. The smallest absolute Gasteiger partial charge is 0.186 e. The van der Waals surface area contributed by atoms with Crippen LogP contribution in [-0.4, -0.2) is 94.9 Å². The molecule has 2 aromatic rings. The summed E-state index contributed by atoms with van der Waals surface area (Å²) in [7, 11) is 2.83. The van der Waals surface area contributed by atoms with Gasteiger partial charge in [-0.15, -0.1) is 0 Å². The molecule has 0 radical (unpaired) electrons. The molecule has 0 aromatic heterocycles. The van der Waals surface area contributed by atoms with Crippen LogP contribution in [0.5, 0.6) is 23.0 Å². The molecule has 1 fully saturated rings. The Labute approximate surface area is 196 Å². The van der Waals surface area contributed by atoms with E-state index in [1.54, 1.807) is 24.3 Å². The molecule has 0 spiro atoms. The fourth-order valence-electron chi connectivity index (χ4n) is 3.56. The minimum absolute atomic E-state index is 0.113. The van der Waals surface area contributed by atoms with Gasteiger partial charge >= 0.3 is 0 Å². The van der Waals surface area contributed by atoms with Crippen LogP contribution < -0.4 is 14.2 Å². The van der Waals surface area contributed by atoms with Gasteiger partial charge in [-0.3, -0.25) is 0 Å². The molecule has 1 heterocycles. The molecule has 34 heavy (non-hydrogen) atoms. The van der Waals surface area contributed by atoms with Crippen LogP contribution in [0.15, 0.2) is 42.5 Å². The van der Waals surface area contributed by atoms with Crippen molar-refractivity contribution in [3.05, 3.63) is 48.0 Å². The first-order chi connectivity index (χ1) is 16.3. The van der Waals surface area contributed by atoms with Gasteiger partial charge in [-0.1, -0.05) is 18.2 Å². The molecule has 0 unspecified atom stereocenters. The van der Waals surface area contributed by atoms with Crippen molar-refractivity contribution in [2.75, 3.05) is 27.4 Å². The lowest BCUT2D eigenvalue weighted by Crippen LogP contribution is -2.59. The maximum atomic E-state index is 11.1. The number of hydrogen-bond acceptors (Lipinski definition) is 11. The fraction of sp³-hybridized carbons (Fsp3) is 0.478. The summed E-state index contributed by atoms with van der Waals surface area (Å²) in [5.41, 5.74) is 0.340. The number of aliphatic hydroxyl groups excluding tert-OH is 5. The highest BCUT2D eigenvalue weighted by atomic mass is 16.7. The molecule has 1 aliphatic heterocycles. The van der Waals surface area contributed by atoms with E-state index in [2.05, 4.69) is 0 Å². The third-order valence-electron chi connectivity index (χ3n) is 5.52. The Morgan fingerprint density at radius 3 is 2.24 bits per heavy atom. The minimum atomic E-state index is -1.62. The third kappa shape index (κ3) is 5.70. The fourth-order valence-corrected chi connectivity index (χ4v) is 3.56. The van der Waals surface area contributed by atoms with Gasteiger partial charge in [-0.25, -0.2) is 0 Å². The molecule has 6 N–H and O–H groups in total. The lowest BCUT2D eigenvalue weighted by Gasteiger charge is -2.40. The molecule has 3 rings (SSSR count). The molecule has 11 nitrogen and oxygen atoms in total. The summed E-state index contributed by atoms with van der Waals surface area (Å²) in [6.07, 6.45) is -9.71. The number of hydrogen-bond donors (Lipinski definition) is 6. The van der Waals surface area contributed by atoms with E-state index in [0.717, 1.165) is 0 Å². The maximum absolute atomic E-state index is 11.1. The second kappa shape index (κ2) is 11.7. The molecule has 11 heteroatoms. The highest BCUT2D eigenvalue weighted by Crippen LogP contribution is 2.34. The lowest BCUT2D eigenvalue weighted by molar-refractivity contribution is -0.305. The first-order valence-electron chi connectivity index (χ1n) is 10.6. The molecule has 0 bridgehead atoms. The first-order valence-corrected chi connectivity index (χ1v) is 10.6. The number of phenolic OH excluding ortho intramolecular Hbond substituents is 1. The van der Waals surface area contributed by atoms with E-state index >= 15 is 0 Å². The van der Waals surface area contributed by atoms with Gasteiger partial charge in [-0.05, 0) is 29.8 Å². The van der Waals surface area contributed by atoms with Crippen LogP contribution in [0.4, 0.5) is 0 Å². The van der Waals surface area contributed by atoms with Crippen molar-refractivity contribution in [3.8, 4) is 23.0 Å². The van der Waals surface area contributed by atoms with Crippen molar-refractivity contribution < 1.29 is 54.3 Å². The molecular formula is C23H30O11. The average Bonchev–Trinajstić information content (AvgIpc) is 2.86. The molecule has 2 aromatic carbocycles. The van der Waals surface area contributed by atoms with Gasteiger partial charge < -0.3 is 54.3 Å². The Morgan fingerprint density at radius 2 is 1.59 bits per heavy atom. The molecule has 7 atom stereocenters. The van der Waals surface area contributed by atoms with Gasteiger partial charge in [0.1, 0.15) is 30.5 Å². The normalized spacial score (nSPS) is 26.5. The van der Waals surface area contributed by atoms with E-state index in [9.17, 15) is 30.6 Å². The van der Waals surface area contributed by atoms with Crippen molar-refractivity contribution in [1.29, 1.82) is 0 Å². The summed E-state index contributed by atoms with van der Waals surface area (Å²) >= 11 is 0. The van der Waals surface area contributed by atoms with E-state index in [1.807, 2.05) is 0 Å². The van der Waals surface area contributed by atoms with Crippen LogP contribution in [0, 0.1) is 0 Å².